The van der Waals surface area contributed by atoms with Crippen LogP contribution < -0.4 is 4.74 Å². The molecular formula is C17H12O3S2. The summed E-state index contributed by atoms with van der Waals surface area (Å²) in [5, 5.41) is 11.1. The first-order chi connectivity index (χ1) is 10.7. The maximum Gasteiger partial charge on any atom is 0.353 e. The van der Waals surface area contributed by atoms with Gasteiger partial charge in [-0.2, -0.15) is 0 Å². The Labute approximate surface area is 136 Å². The summed E-state index contributed by atoms with van der Waals surface area (Å²) >= 11 is 2.93. The zero-order valence-electron chi connectivity index (χ0n) is 11.4. The predicted molar refractivity (Wildman–Crippen MR) is 87.9 cm³/mol. The maximum atomic E-state index is 11.8. The van der Waals surface area contributed by atoms with Crippen molar-refractivity contribution in [2.75, 3.05) is 0 Å². The minimum Gasteiger partial charge on any atom is -0.508 e. The van der Waals surface area contributed by atoms with Crippen LogP contribution in [-0.4, -0.2) is 11.1 Å². The third-order valence-corrected chi connectivity index (χ3v) is 4.69. The van der Waals surface area contributed by atoms with Gasteiger partial charge in [-0.3, -0.25) is 0 Å². The van der Waals surface area contributed by atoms with E-state index in [1.165, 1.54) is 11.3 Å². The number of esters is 1. The summed E-state index contributed by atoms with van der Waals surface area (Å²) < 4.78 is 5.31. The molecule has 1 aromatic heterocycles. The van der Waals surface area contributed by atoms with Gasteiger partial charge < -0.3 is 9.84 Å². The second kappa shape index (κ2) is 6.68. The highest BCUT2D eigenvalue weighted by atomic mass is 32.2. The van der Waals surface area contributed by atoms with Crippen LogP contribution in [-0.2, 0) is 0 Å². The number of rotatable bonds is 4. The summed E-state index contributed by atoms with van der Waals surface area (Å²) in [6.07, 6.45) is 0. The lowest BCUT2D eigenvalue weighted by molar-refractivity contribution is 0.0740. The number of aromatic hydroxyl groups is 1. The molecule has 0 atom stereocenters. The molecule has 0 aliphatic heterocycles. The van der Waals surface area contributed by atoms with Crippen molar-refractivity contribution >= 4 is 29.1 Å². The van der Waals surface area contributed by atoms with Crippen LogP contribution in [0.15, 0.2) is 75.8 Å². The highest BCUT2D eigenvalue weighted by molar-refractivity contribution is 7.99. The number of thiophene rings is 1. The number of carbonyl (C=O) groups excluding carboxylic acids is 1. The molecule has 22 heavy (non-hydrogen) atoms. The van der Waals surface area contributed by atoms with Crippen molar-refractivity contribution < 1.29 is 14.6 Å². The largest absolute Gasteiger partial charge is 0.508 e. The van der Waals surface area contributed by atoms with Gasteiger partial charge in [0.1, 0.15) is 16.4 Å². The predicted octanol–water partition coefficient (Wildman–Crippen LogP) is 4.82. The highest BCUT2D eigenvalue weighted by Gasteiger charge is 2.09. The van der Waals surface area contributed by atoms with E-state index < -0.39 is 0 Å². The molecule has 1 heterocycles. The van der Waals surface area contributed by atoms with Gasteiger partial charge in [-0.25, -0.2) is 4.79 Å². The van der Waals surface area contributed by atoms with E-state index in [0.717, 1.165) is 9.79 Å². The van der Waals surface area contributed by atoms with E-state index in [2.05, 4.69) is 0 Å². The SMILES string of the molecule is O=C(Oc1ccc(Sc2ccc(O)cc2)cc1)c1cccs1. The van der Waals surface area contributed by atoms with Crippen LogP contribution in [0.4, 0.5) is 0 Å². The molecule has 0 bridgehead atoms. The minimum absolute atomic E-state index is 0.250. The van der Waals surface area contributed by atoms with Crippen LogP contribution in [0.1, 0.15) is 9.67 Å². The topological polar surface area (TPSA) is 46.5 Å². The Morgan fingerprint density at radius 3 is 2.18 bits per heavy atom. The fourth-order valence-electron chi connectivity index (χ4n) is 1.78. The molecule has 0 fully saturated rings. The minimum atomic E-state index is -0.339. The fraction of sp³-hybridized carbons (Fsp3) is 0. The van der Waals surface area contributed by atoms with Gasteiger partial charge in [0.25, 0.3) is 0 Å². The Hall–Kier alpha value is -2.24. The van der Waals surface area contributed by atoms with Crippen LogP contribution in [0.3, 0.4) is 0 Å². The second-order valence-electron chi connectivity index (χ2n) is 4.43. The van der Waals surface area contributed by atoms with Crippen LogP contribution in [0, 0.1) is 0 Å². The van der Waals surface area contributed by atoms with Gasteiger partial charge in [-0.15, -0.1) is 11.3 Å². The number of benzene rings is 2. The summed E-state index contributed by atoms with van der Waals surface area (Å²) in [5.74, 6) is 0.433. The van der Waals surface area contributed by atoms with Crippen LogP contribution >= 0.6 is 23.1 Å². The van der Waals surface area contributed by atoms with E-state index in [-0.39, 0.29) is 11.7 Å². The third-order valence-electron chi connectivity index (χ3n) is 2.83. The Bertz CT molecular complexity index is 748. The molecule has 0 saturated carbocycles. The second-order valence-corrected chi connectivity index (χ2v) is 6.53. The molecule has 3 aromatic rings. The van der Waals surface area contributed by atoms with E-state index in [1.807, 2.05) is 35.7 Å². The third kappa shape index (κ3) is 3.69. The number of phenolic OH excluding ortho intramolecular Hbond substituents is 1. The van der Waals surface area contributed by atoms with E-state index in [9.17, 15) is 9.90 Å². The average Bonchev–Trinajstić information content (AvgIpc) is 3.06. The Balaban J connectivity index is 1.65. The van der Waals surface area contributed by atoms with Crippen molar-refractivity contribution in [1.82, 2.24) is 0 Å². The summed E-state index contributed by atoms with van der Waals surface area (Å²) in [5.41, 5.74) is 0. The molecule has 5 heteroatoms. The monoisotopic (exact) mass is 328 g/mol. The molecule has 3 rings (SSSR count). The summed E-state index contributed by atoms with van der Waals surface area (Å²) in [4.78, 5) is 14.5. The zero-order valence-corrected chi connectivity index (χ0v) is 13.1. The van der Waals surface area contributed by atoms with Gasteiger partial charge in [0.15, 0.2) is 0 Å². The number of phenols is 1. The lowest BCUT2D eigenvalue weighted by Gasteiger charge is -2.05. The van der Waals surface area contributed by atoms with E-state index in [1.54, 1.807) is 42.1 Å². The molecule has 2 aromatic carbocycles. The number of carbonyl (C=O) groups is 1. The number of hydrogen-bond donors (Lipinski definition) is 1. The van der Waals surface area contributed by atoms with Crippen molar-refractivity contribution in [1.29, 1.82) is 0 Å². The van der Waals surface area contributed by atoms with Crippen molar-refractivity contribution in [3.8, 4) is 11.5 Å². The molecule has 0 unspecified atom stereocenters. The first kappa shape index (κ1) is 14.7. The molecule has 0 amide bonds. The summed E-state index contributed by atoms with van der Waals surface area (Å²) in [7, 11) is 0. The van der Waals surface area contributed by atoms with E-state index in [4.69, 9.17) is 4.74 Å². The molecule has 1 N–H and O–H groups in total. The van der Waals surface area contributed by atoms with Crippen LogP contribution in [0.25, 0.3) is 0 Å². The molecular weight excluding hydrogens is 316 g/mol. The Morgan fingerprint density at radius 1 is 0.955 bits per heavy atom. The smallest absolute Gasteiger partial charge is 0.353 e. The maximum absolute atomic E-state index is 11.8. The van der Waals surface area contributed by atoms with Gasteiger partial charge in [-0.05, 0) is 60.0 Å². The highest BCUT2D eigenvalue weighted by Crippen LogP contribution is 2.30. The van der Waals surface area contributed by atoms with Crippen molar-refractivity contribution in [2.24, 2.45) is 0 Å². The summed E-state index contributed by atoms with van der Waals surface area (Å²) in [6, 6.07) is 17.9. The number of hydrogen-bond acceptors (Lipinski definition) is 5. The molecule has 0 aliphatic carbocycles. The van der Waals surface area contributed by atoms with E-state index >= 15 is 0 Å². The number of ether oxygens (including phenoxy) is 1. The van der Waals surface area contributed by atoms with Crippen LogP contribution in [0.5, 0.6) is 11.5 Å². The molecule has 0 spiro atoms. The Kier molecular flexibility index (Phi) is 4.46. The van der Waals surface area contributed by atoms with Crippen molar-refractivity contribution in [3.63, 3.8) is 0 Å². The Morgan fingerprint density at radius 2 is 1.59 bits per heavy atom. The first-order valence-electron chi connectivity index (χ1n) is 6.53. The van der Waals surface area contributed by atoms with E-state index in [0.29, 0.717) is 10.6 Å². The van der Waals surface area contributed by atoms with Crippen LogP contribution in [0.2, 0.25) is 0 Å². The normalized spacial score (nSPS) is 10.4. The quantitative estimate of drug-likeness (QED) is 0.551. The molecule has 0 aliphatic rings. The molecule has 110 valence electrons. The molecule has 0 saturated heterocycles. The zero-order chi connectivity index (χ0) is 15.4. The summed E-state index contributed by atoms with van der Waals surface area (Å²) in [6.45, 7) is 0. The molecule has 0 radical (unpaired) electrons. The standard InChI is InChI=1S/C17H12O3S2/c18-12-3-7-14(8-4-12)22-15-9-5-13(6-10-15)20-17(19)16-2-1-11-21-16/h1-11,18H. The lowest BCUT2D eigenvalue weighted by Crippen LogP contribution is -2.05. The van der Waals surface area contributed by atoms with Gasteiger partial charge >= 0.3 is 5.97 Å². The lowest BCUT2D eigenvalue weighted by atomic mass is 10.3. The molecule has 3 nitrogen and oxygen atoms in total. The van der Waals surface area contributed by atoms with Gasteiger partial charge in [-0.1, -0.05) is 17.8 Å². The van der Waals surface area contributed by atoms with Crippen molar-refractivity contribution in [2.45, 2.75) is 9.79 Å². The van der Waals surface area contributed by atoms with Gasteiger partial charge in [0.2, 0.25) is 0 Å². The fourth-order valence-corrected chi connectivity index (χ4v) is 3.19. The van der Waals surface area contributed by atoms with Crippen molar-refractivity contribution in [3.05, 3.63) is 70.9 Å². The average molecular weight is 328 g/mol. The van der Waals surface area contributed by atoms with Gasteiger partial charge in [0.05, 0.1) is 0 Å². The van der Waals surface area contributed by atoms with Gasteiger partial charge in [0, 0.05) is 9.79 Å². The first-order valence-corrected chi connectivity index (χ1v) is 8.23.